The van der Waals surface area contributed by atoms with Gasteiger partial charge in [0, 0.05) is 6.54 Å². The van der Waals surface area contributed by atoms with E-state index in [1.54, 1.807) is 7.11 Å². The molecule has 1 atom stereocenters. The molecule has 4 heteroatoms. The highest BCUT2D eigenvalue weighted by Gasteiger charge is 2.09. The molecule has 0 aliphatic carbocycles. The minimum Gasteiger partial charge on any atom is -0.497 e. The van der Waals surface area contributed by atoms with Gasteiger partial charge >= 0.3 is 0 Å². The normalized spacial score (nSPS) is 12.2. The summed E-state index contributed by atoms with van der Waals surface area (Å²) in [6.45, 7) is 1.17. The monoisotopic (exact) mass is 343 g/mol. The molecule has 2 aromatic rings. The second-order valence-electron chi connectivity index (χ2n) is 6.52. The van der Waals surface area contributed by atoms with Gasteiger partial charge in [-0.25, -0.2) is 0 Å². The quantitative estimate of drug-likeness (QED) is 0.719. The van der Waals surface area contributed by atoms with Gasteiger partial charge in [0.2, 0.25) is 0 Å². The number of aliphatic hydroxyl groups excluding tert-OH is 1. The van der Waals surface area contributed by atoms with Gasteiger partial charge in [0.15, 0.2) is 0 Å². The standard InChI is InChI=1S/C21H29NO3/c1-22(2)14-13-19(23)16-25-21-10-5-4-8-18(21)12-11-17-7-6-9-20(15-17)24-3/h4-10,15,19,23H,11-14,16H2,1-3H3/t19-/m0/s1. The van der Waals surface area contributed by atoms with Gasteiger partial charge in [-0.3, -0.25) is 0 Å². The van der Waals surface area contributed by atoms with Gasteiger partial charge < -0.3 is 19.5 Å². The lowest BCUT2D eigenvalue weighted by molar-refractivity contribution is 0.0925. The average molecular weight is 343 g/mol. The Morgan fingerprint density at radius 3 is 2.60 bits per heavy atom. The Labute approximate surface area is 151 Å². The van der Waals surface area contributed by atoms with Crippen LogP contribution in [-0.4, -0.2) is 50.5 Å². The number of aryl methyl sites for hydroxylation is 2. The SMILES string of the molecule is COc1cccc(CCc2ccccc2OC[C@@H](O)CCN(C)C)c1. The van der Waals surface area contributed by atoms with E-state index in [9.17, 15) is 5.11 Å². The Balaban J connectivity index is 1.91. The van der Waals surface area contributed by atoms with Crippen LogP contribution in [0.5, 0.6) is 11.5 Å². The molecule has 0 spiro atoms. The summed E-state index contributed by atoms with van der Waals surface area (Å²) in [5.41, 5.74) is 2.39. The van der Waals surface area contributed by atoms with E-state index in [-0.39, 0.29) is 0 Å². The summed E-state index contributed by atoms with van der Waals surface area (Å²) in [7, 11) is 5.69. The minimum atomic E-state index is -0.450. The topological polar surface area (TPSA) is 41.9 Å². The van der Waals surface area contributed by atoms with Crippen LogP contribution in [0.15, 0.2) is 48.5 Å². The maximum absolute atomic E-state index is 10.1. The van der Waals surface area contributed by atoms with E-state index in [1.165, 1.54) is 5.56 Å². The Kier molecular flexibility index (Phi) is 7.76. The van der Waals surface area contributed by atoms with Gasteiger partial charge in [0.05, 0.1) is 13.2 Å². The number of aliphatic hydroxyl groups is 1. The fraction of sp³-hybridized carbons (Fsp3) is 0.429. The Hall–Kier alpha value is -2.04. The van der Waals surface area contributed by atoms with E-state index in [2.05, 4.69) is 23.1 Å². The van der Waals surface area contributed by atoms with Crippen LogP contribution in [0.2, 0.25) is 0 Å². The highest BCUT2D eigenvalue weighted by Crippen LogP contribution is 2.21. The molecule has 0 bridgehead atoms. The molecule has 0 saturated heterocycles. The van der Waals surface area contributed by atoms with Crippen LogP contribution >= 0.6 is 0 Å². The summed E-state index contributed by atoms with van der Waals surface area (Å²) in [5.74, 6) is 1.74. The van der Waals surface area contributed by atoms with Gasteiger partial charge in [0.25, 0.3) is 0 Å². The number of ether oxygens (including phenoxy) is 2. The van der Waals surface area contributed by atoms with Crippen molar-refractivity contribution in [3.63, 3.8) is 0 Å². The molecular formula is C21H29NO3. The van der Waals surface area contributed by atoms with Crippen molar-refractivity contribution in [2.75, 3.05) is 34.4 Å². The molecule has 0 fully saturated rings. The molecule has 0 radical (unpaired) electrons. The van der Waals surface area contributed by atoms with E-state index < -0.39 is 6.10 Å². The first-order valence-corrected chi connectivity index (χ1v) is 8.75. The van der Waals surface area contributed by atoms with Crippen LogP contribution < -0.4 is 9.47 Å². The van der Waals surface area contributed by atoms with Crippen molar-refractivity contribution in [2.24, 2.45) is 0 Å². The summed E-state index contributed by atoms with van der Waals surface area (Å²) in [6.07, 6.45) is 2.06. The molecule has 0 aliphatic heterocycles. The van der Waals surface area contributed by atoms with Crippen LogP contribution in [0.25, 0.3) is 0 Å². The first-order valence-electron chi connectivity index (χ1n) is 8.75. The second-order valence-corrected chi connectivity index (χ2v) is 6.52. The molecule has 0 heterocycles. The van der Waals surface area contributed by atoms with Crippen molar-refractivity contribution in [2.45, 2.75) is 25.4 Å². The minimum absolute atomic E-state index is 0.323. The van der Waals surface area contributed by atoms with Gasteiger partial charge in [0.1, 0.15) is 18.1 Å². The van der Waals surface area contributed by atoms with Crippen molar-refractivity contribution in [3.05, 3.63) is 59.7 Å². The van der Waals surface area contributed by atoms with E-state index in [1.807, 2.05) is 44.4 Å². The van der Waals surface area contributed by atoms with E-state index in [0.29, 0.717) is 13.0 Å². The average Bonchev–Trinajstić information content (AvgIpc) is 2.63. The Morgan fingerprint density at radius 1 is 1.04 bits per heavy atom. The summed E-state index contributed by atoms with van der Waals surface area (Å²) in [6, 6.07) is 16.2. The Morgan fingerprint density at radius 2 is 1.84 bits per heavy atom. The maximum atomic E-state index is 10.1. The number of benzene rings is 2. The number of hydrogen-bond acceptors (Lipinski definition) is 4. The largest absolute Gasteiger partial charge is 0.497 e. The zero-order valence-electron chi connectivity index (χ0n) is 15.4. The second kappa shape index (κ2) is 10.1. The molecule has 136 valence electrons. The lowest BCUT2D eigenvalue weighted by Crippen LogP contribution is -2.24. The molecule has 25 heavy (non-hydrogen) atoms. The molecule has 2 rings (SSSR count). The van der Waals surface area contributed by atoms with Crippen LogP contribution in [-0.2, 0) is 12.8 Å². The van der Waals surface area contributed by atoms with Gasteiger partial charge in [-0.15, -0.1) is 0 Å². The highest BCUT2D eigenvalue weighted by molar-refractivity contribution is 5.35. The van der Waals surface area contributed by atoms with E-state index in [4.69, 9.17) is 9.47 Å². The van der Waals surface area contributed by atoms with Crippen molar-refractivity contribution < 1.29 is 14.6 Å². The summed E-state index contributed by atoms with van der Waals surface area (Å²) >= 11 is 0. The maximum Gasteiger partial charge on any atom is 0.122 e. The lowest BCUT2D eigenvalue weighted by Gasteiger charge is -2.17. The molecule has 1 N–H and O–H groups in total. The molecule has 0 unspecified atom stereocenters. The molecular weight excluding hydrogens is 314 g/mol. The van der Waals surface area contributed by atoms with Crippen LogP contribution in [0.4, 0.5) is 0 Å². The Bertz CT molecular complexity index is 643. The summed E-state index contributed by atoms with van der Waals surface area (Å²) in [4.78, 5) is 2.06. The lowest BCUT2D eigenvalue weighted by atomic mass is 10.0. The first kappa shape index (κ1) is 19.3. The summed E-state index contributed by atoms with van der Waals surface area (Å²) in [5, 5.41) is 10.1. The third-order valence-corrected chi connectivity index (χ3v) is 4.13. The zero-order valence-corrected chi connectivity index (χ0v) is 15.4. The molecule has 4 nitrogen and oxygen atoms in total. The third kappa shape index (κ3) is 6.77. The number of nitrogens with zero attached hydrogens (tertiary/aromatic N) is 1. The predicted molar refractivity (Wildman–Crippen MR) is 102 cm³/mol. The van der Waals surface area contributed by atoms with Crippen LogP contribution in [0, 0.1) is 0 Å². The molecule has 0 aliphatic rings. The van der Waals surface area contributed by atoms with Crippen molar-refractivity contribution in [3.8, 4) is 11.5 Å². The van der Waals surface area contributed by atoms with E-state index in [0.717, 1.165) is 36.4 Å². The van der Waals surface area contributed by atoms with E-state index >= 15 is 0 Å². The zero-order chi connectivity index (χ0) is 18.1. The predicted octanol–water partition coefficient (Wildman–Crippen LogP) is 3.17. The molecule has 2 aromatic carbocycles. The van der Waals surface area contributed by atoms with Gasteiger partial charge in [-0.2, -0.15) is 0 Å². The fourth-order valence-electron chi connectivity index (χ4n) is 2.63. The van der Waals surface area contributed by atoms with Crippen molar-refractivity contribution >= 4 is 0 Å². The van der Waals surface area contributed by atoms with Gasteiger partial charge in [-0.1, -0.05) is 30.3 Å². The highest BCUT2D eigenvalue weighted by atomic mass is 16.5. The smallest absolute Gasteiger partial charge is 0.122 e. The van der Waals surface area contributed by atoms with Crippen molar-refractivity contribution in [1.82, 2.24) is 4.90 Å². The fourth-order valence-corrected chi connectivity index (χ4v) is 2.63. The first-order chi connectivity index (χ1) is 12.1. The number of rotatable bonds is 10. The summed E-state index contributed by atoms with van der Waals surface area (Å²) < 4.78 is 11.2. The van der Waals surface area contributed by atoms with Crippen LogP contribution in [0.3, 0.4) is 0 Å². The number of hydrogen-bond donors (Lipinski definition) is 1. The molecule has 0 saturated carbocycles. The third-order valence-electron chi connectivity index (χ3n) is 4.13. The van der Waals surface area contributed by atoms with Crippen molar-refractivity contribution in [1.29, 1.82) is 0 Å². The molecule has 0 aromatic heterocycles. The van der Waals surface area contributed by atoms with Gasteiger partial charge in [-0.05, 0) is 62.7 Å². The number of methoxy groups -OCH3 is 1. The van der Waals surface area contributed by atoms with Crippen LogP contribution in [0.1, 0.15) is 17.5 Å². The molecule has 0 amide bonds. The number of para-hydroxylation sites is 1.